The second-order valence-corrected chi connectivity index (χ2v) is 7.62. The molecule has 0 unspecified atom stereocenters. The summed E-state index contributed by atoms with van der Waals surface area (Å²) in [7, 11) is 0. The Morgan fingerprint density at radius 2 is 1.50 bits per heavy atom. The Hall–Kier alpha value is -1.96. The van der Waals surface area contributed by atoms with Crippen molar-refractivity contribution >= 4 is 5.69 Å². The molecule has 2 rings (SSSR count). The van der Waals surface area contributed by atoms with Gasteiger partial charge in [0.2, 0.25) is 0 Å². The number of rotatable bonds is 4. The Balaban J connectivity index is 2.06. The lowest BCUT2D eigenvalue weighted by Crippen LogP contribution is -2.27. The lowest BCUT2D eigenvalue weighted by atomic mass is 9.84. The fourth-order valence-electron chi connectivity index (χ4n) is 2.44. The Labute approximate surface area is 134 Å². The fraction of sp³-hybridized carbons (Fsp3) is 0.400. The average Bonchev–Trinajstić information content (AvgIpc) is 2.45. The molecule has 0 saturated heterocycles. The summed E-state index contributed by atoms with van der Waals surface area (Å²) in [5.41, 5.74) is 3.72. The van der Waals surface area contributed by atoms with Crippen LogP contribution in [0.3, 0.4) is 0 Å². The van der Waals surface area contributed by atoms with Crippen LogP contribution >= 0.6 is 0 Å². The minimum Gasteiger partial charge on any atom is -0.508 e. The van der Waals surface area contributed by atoms with Gasteiger partial charge in [-0.25, -0.2) is 0 Å². The summed E-state index contributed by atoms with van der Waals surface area (Å²) in [5.74, 6) is 0.320. The molecule has 0 atom stereocenters. The van der Waals surface area contributed by atoms with E-state index >= 15 is 0 Å². The molecule has 118 valence electrons. The van der Waals surface area contributed by atoms with Gasteiger partial charge < -0.3 is 10.4 Å². The lowest BCUT2D eigenvalue weighted by Gasteiger charge is -2.27. The van der Waals surface area contributed by atoms with Crippen molar-refractivity contribution in [2.75, 3.05) is 11.9 Å². The number of anilines is 1. The van der Waals surface area contributed by atoms with E-state index in [1.807, 2.05) is 12.1 Å². The number of phenols is 1. The number of nitrogens with one attached hydrogen (secondary N) is 1. The van der Waals surface area contributed by atoms with Crippen molar-refractivity contribution in [3.63, 3.8) is 0 Å². The highest BCUT2D eigenvalue weighted by Crippen LogP contribution is 2.27. The Morgan fingerprint density at radius 1 is 0.864 bits per heavy atom. The van der Waals surface area contributed by atoms with Crippen LogP contribution in [0.25, 0.3) is 0 Å². The van der Waals surface area contributed by atoms with E-state index in [2.05, 4.69) is 70.3 Å². The number of benzene rings is 2. The number of hydrogen-bond donors (Lipinski definition) is 2. The van der Waals surface area contributed by atoms with Crippen LogP contribution in [0.2, 0.25) is 0 Å². The Morgan fingerprint density at radius 3 is 2.05 bits per heavy atom. The molecule has 0 fully saturated rings. The molecular weight excluding hydrogens is 270 g/mol. The lowest BCUT2D eigenvalue weighted by molar-refractivity contribution is 0.470. The maximum Gasteiger partial charge on any atom is 0.115 e. The third-order valence-electron chi connectivity index (χ3n) is 4.11. The molecule has 2 N–H and O–H groups in total. The minimum absolute atomic E-state index is 0.0541. The van der Waals surface area contributed by atoms with Crippen LogP contribution < -0.4 is 5.32 Å². The van der Waals surface area contributed by atoms with E-state index in [4.69, 9.17) is 0 Å². The first-order valence-corrected chi connectivity index (χ1v) is 7.82. The maximum absolute atomic E-state index is 9.65. The summed E-state index contributed by atoms with van der Waals surface area (Å²) in [6, 6.07) is 16.1. The van der Waals surface area contributed by atoms with Crippen molar-refractivity contribution in [1.29, 1.82) is 0 Å². The molecule has 0 aliphatic rings. The summed E-state index contributed by atoms with van der Waals surface area (Å²) in [6.07, 6.45) is 0. The third-order valence-corrected chi connectivity index (χ3v) is 4.11. The van der Waals surface area contributed by atoms with E-state index in [0.29, 0.717) is 5.75 Å². The first kappa shape index (κ1) is 16.4. The van der Waals surface area contributed by atoms with Crippen LogP contribution in [0.15, 0.2) is 48.5 Å². The predicted octanol–water partition coefficient (Wildman–Crippen LogP) is 5.08. The molecule has 0 amide bonds. The first-order chi connectivity index (χ1) is 10.2. The van der Waals surface area contributed by atoms with Crippen molar-refractivity contribution in [2.45, 2.75) is 45.4 Å². The summed E-state index contributed by atoms with van der Waals surface area (Å²) in [6.45, 7) is 11.8. The third kappa shape index (κ3) is 4.03. The van der Waals surface area contributed by atoms with Crippen molar-refractivity contribution in [1.82, 2.24) is 0 Å². The molecular formula is C20H27NO. The van der Waals surface area contributed by atoms with Gasteiger partial charge in [0.15, 0.2) is 0 Å². The van der Waals surface area contributed by atoms with Crippen LogP contribution in [0.1, 0.15) is 45.7 Å². The molecule has 0 aromatic heterocycles. The largest absolute Gasteiger partial charge is 0.508 e. The molecule has 0 aliphatic heterocycles. The standard InChI is InChI=1S/C20H27NO/c1-19(2,3)15-9-11-17(12-10-15)21-14-20(4,5)16-7-6-8-18(22)13-16/h6-13,21-22H,14H2,1-5H3. The van der Waals surface area contributed by atoms with Gasteiger partial charge in [-0.15, -0.1) is 0 Å². The highest BCUT2D eigenvalue weighted by Gasteiger charge is 2.21. The Kier molecular flexibility index (Phi) is 4.50. The zero-order valence-electron chi connectivity index (χ0n) is 14.3. The van der Waals surface area contributed by atoms with Gasteiger partial charge >= 0.3 is 0 Å². The van der Waals surface area contributed by atoms with Gasteiger partial charge in [0.05, 0.1) is 0 Å². The zero-order valence-corrected chi connectivity index (χ0v) is 14.3. The van der Waals surface area contributed by atoms with Crippen molar-refractivity contribution in [2.24, 2.45) is 0 Å². The van der Waals surface area contributed by atoms with E-state index < -0.39 is 0 Å². The van der Waals surface area contributed by atoms with Crippen molar-refractivity contribution < 1.29 is 5.11 Å². The molecule has 2 nitrogen and oxygen atoms in total. The van der Waals surface area contributed by atoms with Gasteiger partial charge in [-0.2, -0.15) is 0 Å². The first-order valence-electron chi connectivity index (χ1n) is 7.82. The number of phenolic OH excluding ortho intramolecular Hbond substituents is 1. The van der Waals surface area contributed by atoms with Gasteiger partial charge in [0.1, 0.15) is 5.75 Å². The highest BCUT2D eigenvalue weighted by molar-refractivity contribution is 5.47. The van der Waals surface area contributed by atoms with Gasteiger partial charge in [-0.3, -0.25) is 0 Å². The zero-order chi connectivity index (χ0) is 16.4. The summed E-state index contributed by atoms with van der Waals surface area (Å²) >= 11 is 0. The molecule has 2 heteroatoms. The minimum atomic E-state index is -0.0541. The van der Waals surface area contributed by atoms with Crippen LogP contribution in [0.4, 0.5) is 5.69 Å². The van der Waals surface area contributed by atoms with Crippen LogP contribution in [-0.4, -0.2) is 11.7 Å². The molecule has 0 saturated carbocycles. The molecule has 0 aliphatic carbocycles. The monoisotopic (exact) mass is 297 g/mol. The van der Waals surface area contributed by atoms with Gasteiger partial charge in [-0.05, 0) is 40.8 Å². The van der Waals surface area contributed by atoms with Gasteiger partial charge in [-0.1, -0.05) is 58.9 Å². The topological polar surface area (TPSA) is 32.3 Å². The van der Waals surface area contributed by atoms with Crippen LogP contribution in [0.5, 0.6) is 5.75 Å². The SMILES string of the molecule is CC(C)(C)c1ccc(NCC(C)(C)c2cccc(O)c2)cc1. The summed E-state index contributed by atoms with van der Waals surface area (Å²) in [5, 5.41) is 13.1. The van der Waals surface area contributed by atoms with E-state index in [0.717, 1.165) is 17.8 Å². The Bertz CT molecular complexity index is 621. The van der Waals surface area contributed by atoms with Crippen LogP contribution in [0, 0.1) is 0 Å². The second-order valence-electron chi connectivity index (χ2n) is 7.62. The molecule has 0 radical (unpaired) electrons. The maximum atomic E-state index is 9.65. The molecule has 0 heterocycles. The average molecular weight is 297 g/mol. The molecule has 2 aromatic rings. The number of hydrogen-bond acceptors (Lipinski definition) is 2. The normalized spacial score (nSPS) is 12.2. The fourth-order valence-corrected chi connectivity index (χ4v) is 2.44. The smallest absolute Gasteiger partial charge is 0.115 e. The van der Waals surface area contributed by atoms with Crippen molar-refractivity contribution in [3.8, 4) is 5.75 Å². The summed E-state index contributed by atoms with van der Waals surface area (Å²) in [4.78, 5) is 0. The van der Waals surface area contributed by atoms with Gasteiger partial charge in [0.25, 0.3) is 0 Å². The molecule has 0 bridgehead atoms. The molecule has 0 spiro atoms. The molecule has 22 heavy (non-hydrogen) atoms. The van der Waals surface area contributed by atoms with E-state index in [1.165, 1.54) is 5.56 Å². The van der Waals surface area contributed by atoms with E-state index in [-0.39, 0.29) is 10.8 Å². The van der Waals surface area contributed by atoms with Crippen LogP contribution in [-0.2, 0) is 10.8 Å². The quantitative estimate of drug-likeness (QED) is 0.825. The highest BCUT2D eigenvalue weighted by atomic mass is 16.3. The van der Waals surface area contributed by atoms with E-state index in [1.54, 1.807) is 6.07 Å². The molecule has 2 aromatic carbocycles. The van der Waals surface area contributed by atoms with E-state index in [9.17, 15) is 5.11 Å². The summed E-state index contributed by atoms with van der Waals surface area (Å²) < 4.78 is 0. The van der Waals surface area contributed by atoms with Crippen molar-refractivity contribution in [3.05, 3.63) is 59.7 Å². The predicted molar refractivity (Wildman–Crippen MR) is 94.8 cm³/mol. The van der Waals surface area contributed by atoms with Gasteiger partial charge in [0, 0.05) is 17.6 Å². The number of aromatic hydroxyl groups is 1. The second kappa shape index (κ2) is 6.04.